The number of ether oxygens (including phenoxy) is 2. The second-order valence-electron chi connectivity index (χ2n) is 11.7. The van der Waals surface area contributed by atoms with Crippen molar-refractivity contribution < 1.29 is 38.5 Å². The number of hydrogen-bond donors (Lipinski definition) is 1. The molecular formula is C35H29N5O8. The number of nitrogens with zero attached hydrogens (tertiary/aromatic N) is 4. The zero-order chi connectivity index (χ0) is 33.1. The second kappa shape index (κ2) is 11.3. The number of anilines is 3. The average molecular weight is 648 g/mol. The van der Waals surface area contributed by atoms with Gasteiger partial charge in [0.25, 0.3) is 11.8 Å². The van der Waals surface area contributed by atoms with Gasteiger partial charge in [0, 0.05) is 36.1 Å². The summed E-state index contributed by atoms with van der Waals surface area (Å²) in [7, 11) is 2.87. The zero-order valence-electron chi connectivity index (χ0n) is 25.9. The summed E-state index contributed by atoms with van der Waals surface area (Å²) in [5, 5.41) is 0. The van der Waals surface area contributed by atoms with Crippen LogP contribution in [0, 0.1) is 0 Å². The Morgan fingerprint density at radius 2 is 1.35 bits per heavy atom. The van der Waals surface area contributed by atoms with Gasteiger partial charge in [-0.05, 0) is 41.8 Å². The van der Waals surface area contributed by atoms with Crippen LogP contribution in [0.3, 0.4) is 0 Å². The van der Waals surface area contributed by atoms with Crippen LogP contribution in [0.25, 0.3) is 0 Å². The van der Waals surface area contributed by atoms with Crippen molar-refractivity contribution in [1.29, 1.82) is 0 Å². The molecule has 13 nitrogen and oxygen atoms in total. The van der Waals surface area contributed by atoms with E-state index >= 15 is 0 Å². The molecule has 4 aliphatic heterocycles. The molecule has 0 saturated heterocycles. The van der Waals surface area contributed by atoms with Crippen molar-refractivity contribution in [1.82, 2.24) is 0 Å². The van der Waals surface area contributed by atoms with E-state index in [4.69, 9.17) is 25.1 Å². The number of carbonyl (C=O) groups is 3. The Bertz CT molecular complexity index is 2050. The van der Waals surface area contributed by atoms with E-state index in [1.165, 1.54) is 31.3 Å². The molecule has 48 heavy (non-hydrogen) atoms. The van der Waals surface area contributed by atoms with Crippen LogP contribution >= 0.6 is 0 Å². The molecule has 4 heterocycles. The molecule has 2 N–H and O–H groups in total. The highest BCUT2D eigenvalue weighted by atomic mass is 17.2. The normalized spacial score (nSPS) is 18.4. The Balaban J connectivity index is 1.13. The second-order valence-corrected chi connectivity index (χ2v) is 11.7. The highest BCUT2D eigenvalue weighted by Gasteiger charge is 2.42. The highest BCUT2D eigenvalue weighted by molar-refractivity contribution is 6.15. The van der Waals surface area contributed by atoms with E-state index in [9.17, 15) is 14.4 Å². The SMILES string of the molecule is COc1cc2c(cc1OOc1cc3c(cc1OC)C(=O)N1c4ccccc4C[C@H]1CN3C(=O)ON)N=C[C@@H]1Cc3ccccc3N1C2=O. The molecule has 4 aliphatic rings. The largest absolute Gasteiger partial charge is 0.493 e. The van der Waals surface area contributed by atoms with E-state index in [2.05, 4.69) is 9.83 Å². The van der Waals surface area contributed by atoms with E-state index in [1.807, 2.05) is 48.5 Å². The van der Waals surface area contributed by atoms with Gasteiger partial charge in [-0.25, -0.2) is 4.79 Å². The number of methoxy groups -OCH3 is 2. The molecule has 8 rings (SSSR count). The van der Waals surface area contributed by atoms with Gasteiger partial charge in [-0.15, -0.1) is 0 Å². The van der Waals surface area contributed by atoms with Crippen molar-refractivity contribution in [2.45, 2.75) is 24.9 Å². The molecule has 0 radical (unpaired) electrons. The van der Waals surface area contributed by atoms with Gasteiger partial charge in [0.05, 0.1) is 55.3 Å². The predicted octanol–water partition coefficient (Wildman–Crippen LogP) is 4.77. The van der Waals surface area contributed by atoms with Crippen LogP contribution in [0.15, 0.2) is 77.8 Å². The summed E-state index contributed by atoms with van der Waals surface area (Å²) >= 11 is 0. The number of para-hydroxylation sites is 2. The van der Waals surface area contributed by atoms with Crippen LogP contribution in [0.5, 0.6) is 23.0 Å². The summed E-state index contributed by atoms with van der Waals surface area (Å²) in [6, 6.07) is 20.9. The van der Waals surface area contributed by atoms with Gasteiger partial charge in [0.15, 0.2) is 11.5 Å². The first kappa shape index (κ1) is 29.3. The fourth-order valence-electron chi connectivity index (χ4n) is 6.96. The Morgan fingerprint density at radius 3 is 2.04 bits per heavy atom. The van der Waals surface area contributed by atoms with Crippen molar-refractivity contribution in [3.8, 4) is 23.0 Å². The Kier molecular flexibility index (Phi) is 6.91. The van der Waals surface area contributed by atoms with Crippen LogP contribution in [0.4, 0.5) is 27.5 Å². The molecule has 13 heteroatoms. The van der Waals surface area contributed by atoms with Crippen molar-refractivity contribution in [2.75, 3.05) is 35.5 Å². The smallest absolute Gasteiger partial charge is 0.433 e. The first-order valence-electron chi connectivity index (χ1n) is 15.2. The summed E-state index contributed by atoms with van der Waals surface area (Å²) in [5.74, 6) is 5.37. The van der Waals surface area contributed by atoms with E-state index in [0.29, 0.717) is 24.1 Å². The first-order valence-corrected chi connectivity index (χ1v) is 15.2. The third kappa shape index (κ3) is 4.50. The summed E-state index contributed by atoms with van der Waals surface area (Å²) < 4.78 is 11.2. The van der Waals surface area contributed by atoms with Crippen molar-refractivity contribution in [2.24, 2.45) is 10.9 Å². The maximum absolute atomic E-state index is 14.0. The minimum Gasteiger partial charge on any atom is -0.493 e. The van der Waals surface area contributed by atoms with Gasteiger partial charge in [-0.1, -0.05) is 36.4 Å². The van der Waals surface area contributed by atoms with Crippen LogP contribution in [-0.4, -0.2) is 57.0 Å². The van der Waals surface area contributed by atoms with Gasteiger partial charge in [0.2, 0.25) is 11.5 Å². The third-order valence-electron chi connectivity index (χ3n) is 9.16. The summed E-state index contributed by atoms with van der Waals surface area (Å²) in [6.07, 6.45) is 2.10. The molecular weight excluding hydrogens is 618 g/mol. The van der Waals surface area contributed by atoms with Gasteiger partial charge in [-0.3, -0.25) is 34.2 Å². The van der Waals surface area contributed by atoms with Crippen molar-refractivity contribution in [3.63, 3.8) is 0 Å². The average Bonchev–Trinajstić information content (AvgIpc) is 3.61. The van der Waals surface area contributed by atoms with E-state index in [-0.39, 0.29) is 64.7 Å². The molecule has 2 atom stereocenters. The molecule has 0 aromatic heterocycles. The predicted molar refractivity (Wildman–Crippen MR) is 175 cm³/mol. The van der Waals surface area contributed by atoms with Crippen LogP contribution in [0.2, 0.25) is 0 Å². The topological polar surface area (TPSA) is 145 Å². The number of benzene rings is 4. The van der Waals surface area contributed by atoms with Gasteiger partial charge in [0.1, 0.15) is 0 Å². The molecule has 0 aliphatic carbocycles. The number of fused-ring (bicyclic) bond motifs is 8. The van der Waals surface area contributed by atoms with E-state index < -0.39 is 6.09 Å². The molecule has 4 aromatic rings. The molecule has 0 unspecified atom stereocenters. The van der Waals surface area contributed by atoms with E-state index in [0.717, 1.165) is 22.5 Å². The molecule has 3 amide bonds. The first-order chi connectivity index (χ1) is 23.4. The summed E-state index contributed by atoms with van der Waals surface area (Å²) in [6.45, 7) is 0.114. The standard InChI is InChI=1S/C35H29N5O8/c1-44-29-13-23-25(37-17-21-11-19-7-3-5-9-26(19)39(21)33(23)41)15-31(29)47-48-32-16-28-24(14-30(32)45-2)34(42)40-22(18-38(28)35(43)46-36)12-20-8-4-6-10-27(20)40/h3-10,13-17,21-22H,11-12,18,36H2,1-2H3/t21-,22-/m0/s1. The third-order valence-corrected chi connectivity index (χ3v) is 9.16. The molecule has 0 saturated carbocycles. The minimum atomic E-state index is -0.850. The number of hydrogen-bond acceptors (Lipinski definition) is 10. The lowest BCUT2D eigenvalue weighted by atomic mass is 10.1. The van der Waals surface area contributed by atoms with Gasteiger partial charge < -0.3 is 19.2 Å². The summed E-state index contributed by atoms with van der Waals surface area (Å²) in [5.41, 5.74) is 4.79. The van der Waals surface area contributed by atoms with Crippen LogP contribution in [0.1, 0.15) is 31.8 Å². The maximum Gasteiger partial charge on any atom is 0.433 e. The monoisotopic (exact) mass is 647 g/mol. The van der Waals surface area contributed by atoms with Crippen molar-refractivity contribution >= 4 is 46.9 Å². The Labute approximate surface area is 274 Å². The molecule has 0 bridgehead atoms. The van der Waals surface area contributed by atoms with Gasteiger partial charge in [-0.2, -0.15) is 5.90 Å². The fraction of sp³-hybridized carbons (Fsp3) is 0.200. The lowest BCUT2D eigenvalue weighted by Crippen LogP contribution is -2.44. The molecule has 242 valence electrons. The number of rotatable bonds is 5. The highest BCUT2D eigenvalue weighted by Crippen LogP contribution is 2.44. The lowest BCUT2D eigenvalue weighted by molar-refractivity contribution is -0.103. The summed E-state index contributed by atoms with van der Waals surface area (Å²) in [4.78, 5) is 66.4. The van der Waals surface area contributed by atoms with E-state index in [1.54, 1.807) is 28.1 Å². The Morgan fingerprint density at radius 1 is 0.750 bits per heavy atom. The van der Waals surface area contributed by atoms with Crippen molar-refractivity contribution in [3.05, 3.63) is 95.1 Å². The maximum atomic E-state index is 14.0. The molecule has 4 aromatic carbocycles. The number of aliphatic imine (C=N–C) groups is 1. The quantitative estimate of drug-likeness (QED) is 0.239. The lowest BCUT2D eigenvalue weighted by Gasteiger charge is -2.25. The van der Waals surface area contributed by atoms with Crippen LogP contribution in [-0.2, 0) is 17.7 Å². The van der Waals surface area contributed by atoms with Crippen LogP contribution < -0.4 is 39.8 Å². The Hall–Kier alpha value is -6.08. The number of nitrogens with two attached hydrogens (primary N) is 1. The molecule has 0 spiro atoms. The van der Waals surface area contributed by atoms with Gasteiger partial charge >= 0.3 is 6.09 Å². The number of carbonyl (C=O) groups excluding carboxylic acids is 3. The fourth-order valence-corrected chi connectivity index (χ4v) is 6.96. The number of amides is 3. The molecule has 0 fully saturated rings. The minimum absolute atomic E-state index is 0.0511. The zero-order valence-corrected chi connectivity index (χ0v) is 25.9.